The molecule has 1 fully saturated rings. The number of likely N-dealkylation sites (tertiary alicyclic amines) is 1. The maximum Gasteiger partial charge on any atom is 0.194 e. The molecule has 24 heavy (non-hydrogen) atoms. The Morgan fingerprint density at radius 2 is 2.25 bits per heavy atom. The van der Waals surface area contributed by atoms with Gasteiger partial charge in [-0.05, 0) is 39.7 Å². The number of piperidine rings is 1. The van der Waals surface area contributed by atoms with E-state index in [1.165, 1.54) is 0 Å². The van der Waals surface area contributed by atoms with Gasteiger partial charge in [0.2, 0.25) is 0 Å². The Labute approximate surface area is 149 Å². The molecule has 7 heteroatoms. The van der Waals surface area contributed by atoms with Gasteiger partial charge in [-0.15, -0.1) is 11.3 Å². The molecule has 136 valence electrons. The van der Waals surface area contributed by atoms with Crippen LogP contribution < -0.4 is 5.32 Å². The zero-order chi connectivity index (χ0) is 17.4. The predicted octanol–water partition coefficient (Wildman–Crippen LogP) is 1.70. The number of hydrogen-bond acceptors (Lipinski definition) is 5. The molecule has 0 radical (unpaired) electrons. The third-order valence-corrected chi connectivity index (χ3v) is 5.04. The fraction of sp³-hybridized carbons (Fsp3) is 0.765. The normalized spacial score (nSPS) is 17.2. The molecule has 1 saturated heterocycles. The first-order valence-corrected chi connectivity index (χ1v) is 9.77. The van der Waals surface area contributed by atoms with Gasteiger partial charge in [0.25, 0.3) is 0 Å². The number of aliphatic imine (C=N–C) groups is 1. The lowest BCUT2D eigenvalue weighted by Gasteiger charge is -2.29. The Kier molecular flexibility index (Phi) is 7.94. The highest BCUT2D eigenvalue weighted by atomic mass is 32.1. The first-order chi connectivity index (χ1) is 11.6. The van der Waals surface area contributed by atoms with Gasteiger partial charge in [0, 0.05) is 38.6 Å². The van der Waals surface area contributed by atoms with E-state index in [4.69, 9.17) is 4.99 Å². The molecule has 2 heterocycles. The van der Waals surface area contributed by atoms with Crippen LogP contribution in [0.4, 0.5) is 0 Å². The van der Waals surface area contributed by atoms with Crippen LogP contribution in [0.5, 0.6) is 0 Å². The molecular formula is C17H31N5OS. The zero-order valence-electron chi connectivity index (χ0n) is 15.2. The lowest BCUT2D eigenvalue weighted by Crippen LogP contribution is -2.39. The molecule has 0 unspecified atom stereocenters. The fourth-order valence-corrected chi connectivity index (χ4v) is 3.49. The number of nitrogens with one attached hydrogen (secondary N) is 1. The van der Waals surface area contributed by atoms with E-state index in [0.717, 1.165) is 75.2 Å². The van der Waals surface area contributed by atoms with Gasteiger partial charge >= 0.3 is 0 Å². The Morgan fingerprint density at radius 3 is 2.88 bits per heavy atom. The van der Waals surface area contributed by atoms with Gasteiger partial charge in [-0.25, -0.2) is 4.98 Å². The van der Waals surface area contributed by atoms with Gasteiger partial charge < -0.3 is 20.2 Å². The second-order valence-corrected chi connectivity index (χ2v) is 7.44. The highest BCUT2D eigenvalue weighted by molar-refractivity contribution is 7.09. The molecule has 1 aliphatic heterocycles. The molecule has 0 amide bonds. The molecule has 2 rings (SSSR count). The van der Waals surface area contributed by atoms with E-state index in [1.54, 1.807) is 11.3 Å². The van der Waals surface area contributed by atoms with Crippen LogP contribution in [0.1, 0.15) is 36.9 Å². The maximum atomic E-state index is 9.55. The van der Waals surface area contributed by atoms with Crippen LogP contribution >= 0.6 is 11.3 Å². The minimum atomic E-state index is -0.0948. The molecule has 6 nitrogen and oxygen atoms in total. The van der Waals surface area contributed by atoms with Crippen molar-refractivity contribution in [3.05, 3.63) is 16.1 Å². The quantitative estimate of drug-likeness (QED) is 0.444. The van der Waals surface area contributed by atoms with Gasteiger partial charge in [-0.3, -0.25) is 4.99 Å². The van der Waals surface area contributed by atoms with Gasteiger partial charge in [0.1, 0.15) is 0 Å². The van der Waals surface area contributed by atoms with E-state index in [0.29, 0.717) is 0 Å². The van der Waals surface area contributed by atoms with Crippen molar-refractivity contribution in [3.8, 4) is 0 Å². The molecule has 0 bridgehead atoms. The largest absolute Gasteiger partial charge is 0.393 e. The van der Waals surface area contributed by atoms with E-state index in [1.807, 2.05) is 6.92 Å². The van der Waals surface area contributed by atoms with Gasteiger partial charge in [-0.2, -0.15) is 0 Å². The van der Waals surface area contributed by atoms with Crippen molar-refractivity contribution in [3.63, 3.8) is 0 Å². The van der Waals surface area contributed by atoms with Gasteiger partial charge in [0.05, 0.1) is 23.4 Å². The molecule has 0 spiro atoms. The van der Waals surface area contributed by atoms with Crippen LogP contribution in [-0.2, 0) is 6.54 Å². The van der Waals surface area contributed by atoms with E-state index in [2.05, 4.69) is 39.5 Å². The Bertz CT molecular complexity index is 511. The summed E-state index contributed by atoms with van der Waals surface area (Å²) in [6.07, 6.45) is 2.76. The number of nitrogens with zero attached hydrogens (tertiary/aromatic N) is 4. The first-order valence-electron chi connectivity index (χ1n) is 8.89. The molecule has 1 aromatic rings. The van der Waals surface area contributed by atoms with Crippen LogP contribution in [0.3, 0.4) is 0 Å². The van der Waals surface area contributed by atoms with Crippen LogP contribution in [0, 0.1) is 6.92 Å². The standard InChI is InChI=1S/C17H31N5OS/c1-4-18-17(21(3)12-15-13-24-14(2)20-15)19-8-5-9-22-10-6-16(23)7-11-22/h13,16,23H,4-12H2,1-3H3,(H,18,19). The number of aryl methyl sites for hydroxylation is 1. The Morgan fingerprint density at radius 1 is 1.50 bits per heavy atom. The summed E-state index contributed by atoms with van der Waals surface area (Å²) in [4.78, 5) is 13.8. The van der Waals surface area contributed by atoms with E-state index >= 15 is 0 Å². The summed E-state index contributed by atoms with van der Waals surface area (Å²) in [5.41, 5.74) is 1.09. The fourth-order valence-electron chi connectivity index (χ4n) is 2.89. The third-order valence-electron chi connectivity index (χ3n) is 4.21. The highest BCUT2D eigenvalue weighted by Gasteiger charge is 2.16. The average Bonchev–Trinajstić information content (AvgIpc) is 2.97. The van der Waals surface area contributed by atoms with Crippen molar-refractivity contribution in [2.24, 2.45) is 4.99 Å². The van der Waals surface area contributed by atoms with Crippen LogP contribution in [0.2, 0.25) is 0 Å². The van der Waals surface area contributed by atoms with E-state index in [9.17, 15) is 5.11 Å². The molecule has 0 aromatic carbocycles. The molecule has 2 N–H and O–H groups in total. The van der Waals surface area contributed by atoms with Crippen LogP contribution in [-0.4, -0.2) is 71.7 Å². The first kappa shape index (κ1) is 19.1. The van der Waals surface area contributed by atoms with Crippen molar-refractivity contribution in [1.82, 2.24) is 20.1 Å². The summed E-state index contributed by atoms with van der Waals surface area (Å²) in [7, 11) is 2.06. The predicted molar refractivity (Wildman–Crippen MR) is 101 cm³/mol. The van der Waals surface area contributed by atoms with E-state index < -0.39 is 0 Å². The summed E-state index contributed by atoms with van der Waals surface area (Å²) in [5, 5.41) is 16.1. The van der Waals surface area contributed by atoms with Crippen molar-refractivity contribution in [2.75, 3.05) is 39.8 Å². The van der Waals surface area contributed by atoms with Gasteiger partial charge in [-0.1, -0.05) is 0 Å². The van der Waals surface area contributed by atoms with Crippen molar-refractivity contribution in [2.45, 2.75) is 45.8 Å². The number of guanidine groups is 1. The molecule has 0 atom stereocenters. The monoisotopic (exact) mass is 353 g/mol. The molecular weight excluding hydrogens is 322 g/mol. The summed E-state index contributed by atoms with van der Waals surface area (Å²) in [5.74, 6) is 0.942. The zero-order valence-corrected chi connectivity index (χ0v) is 16.0. The number of aliphatic hydroxyl groups is 1. The van der Waals surface area contributed by atoms with Gasteiger partial charge in [0.15, 0.2) is 5.96 Å². The molecule has 0 aliphatic carbocycles. The molecule has 1 aliphatic rings. The number of hydrogen-bond donors (Lipinski definition) is 2. The van der Waals surface area contributed by atoms with E-state index in [-0.39, 0.29) is 6.10 Å². The number of aliphatic hydroxyl groups excluding tert-OH is 1. The lowest BCUT2D eigenvalue weighted by atomic mass is 10.1. The minimum Gasteiger partial charge on any atom is -0.393 e. The number of rotatable bonds is 7. The van der Waals surface area contributed by atoms with Crippen molar-refractivity contribution in [1.29, 1.82) is 0 Å². The maximum absolute atomic E-state index is 9.55. The second kappa shape index (κ2) is 9.96. The Balaban J connectivity index is 1.77. The third kappa shape index (κ3) is 6.37. The van der Waals surface area contributed by atoms with Crippen molar-refractivity contribution >= 4 is 17.3 Å². The smallest absolute Gasteiger partial charge is 0.194 e. The summed E-state index contributed by atoms with van der Waals surface area (Å²) in [6.45, 7) is 9.67. The lowest BCUT2D eigenvalue weighted by molar-refractivity contribution is 0.0824. The second-order valence-electron chi connectivity index (χ2n) is 6.38. The molecule has 0 saturated carbocycles. The highest BCUT2D eigenvalue weighted by Crippen LogP contribution is 2.11. The number of aromatic nitrogens is 1. The average molecular weight is 354 g/mol. The topological polar surface area (TPSA) is 64.0 Å². The van der Waals surface area contributed by atoms with Crippen LogP contribution in [0.25, 0.3) is 0 Å². The van der Waals surface area contributed by atoms with Crippen molar-refractivity contribution < 1.29 is 5.11 Å². The SMILES string of the molecule is CCNC(=NCCCN1CCC(O)CC1)N(C)Cc1csc(C)n1. The molecule has 1 aromatic heterocycles. The number of thiazole rings is 1. The Hall–Kier alpha value is -1.18. The minimum absolute atomic E-state index is 0.0948. The van der Waals surface area contributed by atoms with Crippen LogP contribution in [0.15, 0.2) is 10.4 Å². The summed E-state index contributed by atoms with van der Waals surface area (Å²) >= 11 is 1.69. The summed E-state index contributed by atoms with van der Waals surface area (Å²) < 4.78 is 0. The summed E-state index contributed by atoms with van der Waals surface area (Å²) in [6, 6.07) is 0.